The maximum absolute atomic E-state index is 15.2. The van der Waals surface area contributed by atoms with Crippen LogP contribution >= 0.6 is 11.6 Å². The van der Waals surface area contributed by atoms with Gasteiger partial charge < -0.3 is 19.3 Å². The second-order valence-electron chi connectivity index (χ2n) is 12.7. The standard InChI is InChI=1S/C33H36ClF2N5O4/c1-4-28(42)39-13-19(3)40(14-18(39)2)32-25-12-26(34)29(24-8-7-20(35)10-27(24)36)31-30(25)41(33(43)37-32)21(16-45-31)6-5-9-38-15-23-11-22(38)17-44-23/h4,7-8,10,12,18-19,21-23H,1,5-6,9,11,13-17H2,2-3H3/t18-,19+,21+,22+,23+/m1/s1. The van der Waals surface area contributed by atoms with E-state index in [4.69, 9.17) is 21.1 Å². The molecule has 7 rings (SSSR count). The third-order valence-corrected chi connectivity index (χ3v) is 10.1. The van der Waals surface area contributed by atoms with E-state index in [0.29, 0.717) is 48.4 Å². The van der Waals surface area contributed by atoms with Crippen molar-refractivity contribution < 1.29 is 23.0 Å². The van der Waals surface area contributed by atoms with Crippen LogP contribution in [0.5, 0.6) is 5.75 Å². The minimum atomic E-state index is -0.782. The molecule has 1 aromatic heterocycles. The van der Waals surface area contributed by atoms with Crippen LogP contribution in [0.2, 0.25) is 5.02 Å². The number of amides is 1. The molecule has 45 heavy (non-hydrogen) atoms. The number of halogens is 3. The van der Waals surface area contributed by atoms with Crippen LogP contribution in [-0.2, 0) is 9.53 Å². The van der Waals surface area contributed by atoms with E-state index >= 15 is 4.39 Å². The normalized spacial score (nSPS) is 26.0. The highest BCUT2D eigenvalue weighted by Crippen LogP contribution is 2.47. The molecule has 3 fully saturated rings. The van der Waals surface area contributed by atoms with E-state index < -0.39 is 17.3 Å². The van der Waals surface area contributed by atoms with Gasteiger partial charge in [-0.25, -0.2) is 13.6 Å². The minimum Gasteiger partial charge on any atom is -0.488 e. The Morgan fingerprint density at radius 3 is 2.69 bits per heavy atom. The Labute approximate surface area is 265 Å². The van der Waals surface area contributed by atoms with E-state index in [1.165, 1.54) is 18.2 Å². The summed E-state index contributed by atoms with van der Waals surface area (Å²) in [5, 5.41) is 0.796. The lowest BCUT2D eigenvalue weighted by Crippen LogP contribution is -2.58. The van der Waals surface area contributed by atoms with Crippen molar-refractivity contribution in [2.75, 3.05) is 44.3 Å². The van der Waals surface area contributed by atoms with Crippen molar-refractivity contribution in [3.63, 3.8) is 0 Å². The number of anilines is 1. The first-order valence-corrected chi connectivity index (χ1v) is 15.9. The first-order valence-electron chi connectivity index (χ1n) is 15.6. The maximum Gasteiger partial charge on any atom is 0.350 e. The molecule has 3 aromatic rings. The first-order chi connectivity index (χ1) is 21.6. The van der Waals surface area contributed by atoms with Crippen molar-refractivity contribution in [3.05, 3.63) is 64.1 Å². The number of hydrogen-bond donors (Lipinski definition) is 0. The fourth-order valence-electron chi connectivity index (χ4n) is 7.56. The van der Waals surface area contributed by atoms with Crippen LogP contribution in [-0.4, -0.2) is 88.9 Å². The largest absolute Gasteiger partial charge is 0.488 e. The Balaban J connectivity index is 1.32. The monoisotopic (exact) mass is 639 g/mol. The van der Waals surface area contributed by atoms with E-state index in [1.54, 1.807) is 15.5 Å². The summed E-state index contributed by atoms with van der Waals surface area (Å²) in [4.78, 5) is 37.4. The van der Waals surface area contributed by atoms with Gasteiger partial charge in [0.2, 0.25) is 5.91 Å². The summed E-state index contributed by atoms with van der Waals surface area (Å²) < 4.78 is 42.9. The molecule has 0 aliphatic carbocycles. The molecular weight excluding hydrogens is 604 g/mol. The number of nitrogens with zero attached hydrogens (tertiary/aromatic N) is 5. The topological polar surface area (TPSA) is 80.1 Å². The van der Waals surface area contributed by atoms with Crippen LogP contribution in [0.4, 0.5) is 14.6 Å². The predicted molar refractivity (Wildman–Crippen MR) is 168 cm³/mol. The van der Waals surface area contributed by atoms with Gasteiger partial charge in [-0.1, -0.05) is 18.2 Å². The summed E-state index contributed by atoms with van der Waals surface area (Å²) in [6, 6.07) is 4.83. The second kappa shape index (κ2) is 11.7. The van der Waals surface area contributed by atoms with Crippen molar-refractivity contribution in [3.8, 4) is 16.9 Å². The Kier molecular flexibility index (Phi) is 7.82. The van der Waals surface area contributed by atoms with Crippen LogP contribution in [0.1, 0.15) is 39.2 Å². The van der Waals surface area contributed by atoms with Crippen molar-refractivity contribution in [2.45, 2.75) is 63.4 Å². The number of piperazine rings is 1. The molecule has 0 radical (unpaired) electrons. The highest BCUT2D eigenvalue weighted by Gasteiger charge is 2.39. The van der Waals surface area contributed by atoms with E-state index in [0.717, 1.165) is 38.6 Å². The summed E-state index contributed by atoms with van der Waals surface area (Å²) in [6.07, 6.45) is 4.23. The molecule has 9 nitrogen and oxygen atoms in total. The molecular formula is C33H36ClF2N5O4. The summed E-state index contributed by atoms with van der Waals surface area (Å²) in [7, 11) is 0. The van der Waals surface area contributed by atoms with Crippen molar-refractivity contribution >= 4 is 34.2 Å². The highest BCUT2D eigenvalue weighted by atomic mass is 35.5. The van der Waals surface area contributed by atoms with Gasteiger partial charge in [0.25, 0.3) is 0 Å². The van der Waals surface area contributed by atoms with Gasteiger partial charge in [-0.05, 0) is 63.9 Å². The Morgan fingerprint density at radius 2 is 1.98 bits per heavy atom. The molecule has 4 aliphatic rings. The molecule has 0 spiro atoms. The number of morpholine rings is 1. The van der Waals surface area contributed by atoms with Gasteiger partial charge in [0, 0.05) is 60.3 Å². The molecule has 0 N–H and O–H groups in total. The number of rotatable bonds is 7. The third-order valence-electron chi connectivity index (χ3n) is 9.79. The number of fused-ring (bicyclic) bond motifs is 2. The molecule has 5 heterocycles. The molecule has 238 valence electrons. The van der Waals surface area contributed by atoms with Gasteiger partial charge in [-0.15, -0.1) is 0 Å². The van der Waals surface area contributed by atoms with E-state index in [9.17, 15) is 14.0 Å². The van der Waals surface area contributed by atoms with E-state index in [-0.39, 0.29) is 52.5 Å². The van der Waals surface area contributed by atoms with Crippen molar-refractivity contribution in [1.82, 2.24) is 19.4 Å². The van der Waals surface area contributed by atoms with E-state index in [1.807, 2.05) is 18.7 Å². The first kappa shape index (κ1) is 30.1. The van der Waals surface area contributed by atoms with Gasteiger partial charge in [-0.3, -0.25) is 14.3 Å². The number of carbonyl (C=O) groups excluding carboxylic acids is 1. The third kappa shape index (κ3) is 5.18. The number of likely N-dealkylation sites (tertiary alicyclic amines) is 1. The molecule has 0 unspecified atom stereocenters. The Hall–Kier alpha value is -3.54. The Bertz CT molecular complexity index is 1750. The predicted octanol–water partition coefficient (Wildman–Crippen LogP) is 4.79. The van der Waals surface area contributed by atoms with E-state index in [2.05, 4.69) is 16.5 Å². The van der Waals surface area contributed by atoms with Crippen LogP contribution in [0, 0.1) is 11.6 Å². The van der Waals surface area contributed by atoms with Gasteiger partial charge in [0.15, 0.2) is 5.75 Å². The van der Waals surface area contributed by atoms with Crippen LogP contribution in [0.3, 0.4) is 0 Å². The van der Waals surface area contributed by atoms with Gasteiger partial charge in [0.05, 0.1) is 29.3 Å². The lowest BCUT2D eigenvalue weighted by Gasteiger charge is -2.45. The smallest absolute Gasteiger partial charge is 0.350 e. The zero-order valence-electron chi connectivity index (χ0n) is 25.3. The quantitative estimate of drug-likeness (QED) is 0.344. The second-order valence-corrected chi connectivity index (χ2v) is 13.1. The number of carbonyl (C=O) groups is 1. The SMILES string of the molecule is C=CC(=O)N1C[C@H](C)N(c2nc(=O)n3c4c(c(-c5ccc(F)cc5F)c(Cl)cc24)OC[C@@H]3CCCN2C[C@@H]3C[C@H]2CO3)C[C@H]1C. The highest BCUT2D eigenvalue weighted by molar-refractivity contribution is 6.35. The number of ether oxygens (including phenoxy) is 2. The van der Waals surface area contributed by atoms with Crippen LogP contribution in [0.15, 0.2) is 41.7 Å². The van der Waals surface area contributed by atoms with Crippen LogP contribution < -0.4 is 15.3 Å². The fourth-order valence-corrected chi connectivity index (χ4v) is 7.86. The lowest BCUT2D eigenvalue weighted by molar-refractivity contribution is -0.128. The molecule has 3 saturated heterocycles. The van der Waals surface area contributed by atoms with Crippen molar-refractivity contribution in [2.24, 2.45) is 0 Å². The zero-order chi connectivity index (χ0) is 31.6. The summed E-state index contributed by atoms with van der Waals surface area (Å²) >= 11 is 6.88. The summed E-state index contributed by atoms with van der Waals surface area (Å²) in [5.74, 6) is -0.937. The summed E-state index contributed by atoms with van der Waals surface area (Å²) in [6.45, 7) is 11.2. The molecule has 1 amide bonds. The molecule has 0 saturated carbocycles. The Morgan fingerprint density at radius 1 is 1.16 bits per heavy atom. The van der Waals surface area contributed by atoms with Gasteiger partial charge in [0.1, 0.15) is 24.1 Å². The zero-order valence-corrected chi connectivity index (χ0v) is 26.1. The average molecular weight is 640 g/mol. The molecule has 12 heteroatoms. The van der Waals surface area contributed by atoms with Gasteiger partial charge >= 0.3 is 5.69 Å². The van der Waals surface area contributed by atoms with Crippen molar-refractivity contribution in [1.29, 1.82) is 0 Å². The molecule has 4 aliphatic heterocycles. The summed E-state index contributed by atoms with van der Waals surface area (Å²) in [5.41, 5.74) is 0.403. The average Bonchev–Trinajstić information content (AvgIpc) is 3.64. The van der Waals surface area contributed by atoms with Gasteiger partial charge in [-0.2, -0.15) is 4.98 Å². The molecule has 2 bridgehead atoms. The molecule has 5 atom stereocenters. The molecule has 2 aromatic carbocycles. The fraction of sp³-hybridized carbons (Fsp3) is 0.485. The lowest BCUT2D eigenvalue weighted by atomic mass is 9.98. The number of benzene rings is 2. The minimum absolute atomic E-state index is 0.0824. The number of aromatic nitrogens is 2. The number of hydrogen-bond acceptors (Lipinski definition) is 7. The maximum atomic E-state index is 15.2. The van der Waals surface area contributed by atoms with Crippen LogP contribution in [0.25, 0.3) is 22.0 Å².